The molecule has 1 aromatic carbocycles. The Morgan fingerprint density at radius 1 is 1.23 bits per heavy atom. The molecule has 1 heterocycles. The van der Waals surface area contributed by atoms with Crippen LogP contribution < -0.4 is 5.32 Å². The molecule has 0 spiro atoms. The average Bonchev–Trinajstić information content (AvgIpc) is 2.99. The minimum absolute atomic E-state index is 0.00357. The van der Waals surface area contributed by atoms with Gasteiger partial charge in [0.1, 0.15) is 0 Å². The Morgan fingerprint density at radius 3 is 2.71 bits per heavy atom. The van der Waals surface area contributed by atoms with Gasteiger partial charge in [0.05, 0.1) is 12.1 Å². The highest BCUT2D eigenvalue weighted by molar-refractivity contribution is 7.99. The van der Waals surface area contributed by atoms with Gasteiger partial charge in [-0.1, -0.05) is 37.3 Å². The van der Waals surface area contributed by atoms with Gasteiger partial charge in [-0.25, -0.2) is 0 Å². The molecule has 1 atom stereocenters. The number of benzene rings is 1. The second kappa shape index (κ2) is 13.6. The molecule has 0 radical (unpaired) electrons. The number of rotatable bonds is 9. The third-order valence-corrected chi connectivity index (χ3v) is 6.20. The lowest BCUT2D eigenvalue weighted by Crippen LogP contribution is -2.40. The largest absolute Gasteiger partial charge is 0.351 e. The monoisotopic (exact) mass is 463 g/mol. The van der Waals surface area contributed by atoms with Crippen LogP contribution in [-0.4, -0.2) is 72.0 Å². The van der Waals surface area contributed by atoms with Crippen LogP contribution in [-0.2, 0) is 4.79 Å². The van der Waals surface area contributed by atoms with Gasteiger partial charge in [0.15, 0.2) is 0 Å². The highest BCUT2D eigenvalue weighted by atomic mass is 35.5. The zero-order chi connectivity index (χ0) is 22.6. The summed E-state index contributed by atoms with van der Waals surface area (Å²) in [6, 6.07) is 7.82. The molecule has 0 saturated carbocycles. The van der Waals surface area contributed by atoms with Crippen LogP contribution >= 0.6 is 23.4 Å². The van der Waals surface area contributed by atoms with E-state index in [9.17, 15) is 9.59 Å². The van der Waals surface area contributed by atoms with Crippen LogP contribution in [0, 0.1) is 0 Å². The van der Waals surface area contributed by atoms with Crippen LogP contribution in [0.15, 0.2) is 53.0 Å². The number of alkyl halides is 1. The number of hydrogen-bond donors (Lipinski definition) is 1. The smallest absolute Gasteiger partial charge is 0.255 e. The topological polar surface area (TPSA) is 52.7 Å². The van der Waals surface area contributed by atoms with E-state index in [1.165, 1.54) is 0 Å². The lowest BCUT2D eigenvalue weighted by molar-refractivity contribution is -0.122. The van der Waals surface area contributed by atoms with Gasteiger partial charge in [-0.15, -0.1) is 23.4 Å². The van der Waals surface area contributed by atoms with Crippen molar-refractivity contribution in [2.45, 2.75) is 37.5 Å². The average molecular weight is 464 g/mol. The summed E-state index contributed by atoms with van der Waals surface area (Å²) in [7, 11) is 0. The Labute approximate surface area is 195 Å². The lowest BCUT2D eigenvalue weighted by atomic mass is 10.2. The molecule has 1 fully saturated rings. The molecule has 1 saturated heterocycles. The van der Waals surface area contributed by atoms with Crippen molar-refractivity contribution in [3.63, 3.8) is 0 Å². The summed E-state index contributed by atoms with van der Waals surface area (Å²) in [5.41, 5.74) is 1.80. The predicted molar refractivity (Wildman–Crippen MR) is 131 cm³/mol. The Hall–Kier alpha value is -1.76. The van der Waals surface area contributed by atoms with Crippen molar-refractivity contribution in [3.05, 3.63) is 53.6 Å². The molecule has 0 aliphatic carbocycles. The second-order valence-corrected chi connectivity index (χ2v) is 9.52. The summed E-state index contributed by atoms with van der Waals surface area (Å²) in [5, 5.41) is 2.94. The molecule has 1 aromatic rings. The van der Waals surface area contributed by atoms with Gasteiger partial charge in [0.25, 0.3) is 5.91 Å². The molecular weight excluding hydrogens is 430 g/mol. The van der Waals surface area contributed by atoms with Crippen molar-refractivity contribution >= 4 is 35.2 Å². The molecule has 0 bridgehead atoms. The van der Waals surface area contributed by atoms with E-state index in [0.29, 0.717) is 32.7 Å². The van der Waals surface area contributed by atoms with E-state index in [0.717, 1.165) is 34.8 Å². The van der Waals surface area contributed by atoms with E-state index in [-0.39, 0.29) is 17.2 Å². The zero-order valence-corrected chi connectivity index (χ0v) is 20.3. The summed E-state index contributed by atoms with van der Waals surface area (Å²) < 4.78 is 0. The van der Waals surface area contributed by atoms with Crippen LogP contribution in [0.3, 0.4) is 0 Å². The van der Waals surface area contributed by atoms with Gasteiger partial charge in [-0.2, -0.15) is 0 Å². The lowest BCUT2D eigenvalue weighted by Gasteiger charge is -2.22. The number of thioether (sulfide) groups is 1. The zero-order valence-electron chi connectivity index (χ0n) is 18.8. The Bertz CT molecular complexity index is 795. The maximum absolute atomic E-state index is 13.1. The number of carbonyl (C=O) groups excluding carboxylic acids is 2. The number of halogens is 1. The SMILES string of the molecule is C/C=C(\C=C/C(C)Cl)CNC(=O)CN1CCCN(C(=O)c2ccccc2SCC)CC1. The van der Waals surface area contributed by atoms with Gasteiger partial charge >= 0.3 is 0 Å². The second-order valence-electron chi connectivity index (χ2n) is 7.53. The van der Waals surface area contributed by atoms with E-state index < -0.39 is 0 Å². The molecule has 7 heteroatoms. The van der Waals surface area contributed by atoms with Gasteiger partial charge in [-0.05, 0) is 43.7 Å². The van der Waals surface area contributed by atoms with Crippen LogP contribution in [0.5, 0.6) is 0 Å². The van der Waals surface area contributed by atoms with Crippen molar-refractivity contribution in [2.75, 3.05) is 45.0 Å². The first kappa shape index (κ1) is 25.5. The molecule has 31 heavy (non-hydrogen) atoms. The maximum atomic E-state index is 13.1. The Kier molecular flexibility index (Phi) is 11.2. The molecule has 2 rings (SSSR count). The number of hydrogen-bond acceptors (Lipinski definition) is 4. The molecule has 2 amide bonds. The van der Waals surface area contributed by atoms with Crippen LogP contribution in [0.4, 0.5) is 0 Å². The van der Waals surface area contributed by atoms with Crippen molar-refractivity contribution < 1.29 is 9.59 Å². The van der Waals surface area contributed by atoms with E-state index in [1.807, 2.05) is 61.2 Å². The van der Waals surface area contributed by atoms with Gasteiger partial charge < -0.3 is 10.2 Å². The first-order chi connectivity index (χ1) is 14.9. The standard InChI is InChI=1S/C24H34ClN3O2S/c1-4-20(12-11-19(3)25)17-26-23(29)18-27-13-8-14-28(16-15-27)24(30)21-9-6-7-10-22(21)31-5-2/h4,6-7,9-12,19H,5,8,13-18H2,1-3H3,(H,26,29)/b12-11-,20-4+. The van der Waals surface area contributed by atoms with E-state index >= 15 is 0 Å². The molecule has 1 aliphatic heterocycles. The summed E-state index contributed by atoms with van der Waals surface area (Å²) in [4.78, 5) is 30.6. The Balaban J connectivity index is 1.86. The van der Waals surface area contributed by atoms with Crippen molar-refractivity contribution in [1.82, 2.24) is 15.1 Å². The molecule has 1 unspecified atom stereocenters. The normalized spacial score (nSPS) is 16.9. The van der Waals surface area contributed by atoms with Crippen molar-refractivity contribution in [3.8, 4) is 0 Å². The van der Waals surface area contributed by atoms with Gasteiger partial charge in [-0.3, -0.25) is 14.5 Å². The number of amides is 2. The number of nitrogens with one attached hydrogen (secondary N) is 1. The summed E-state index contributed by atoms with van der Waals surface area (Å²) in [5.74, 6) is 1.01. The fourth-order valence-electron chi connectivity index (χ4n) is 3.40. The van der Waals surface area contributed by atoms with Crippen LogP contribution in [0.1, 0.15) is 37.6 Å². The molecule has 1 aliphatic rings. The first-order valence-electron chi connectivity index (χ1n) is 10.9. The molecule has 0 aromatic heterocycles. The van der Waals surface area contributed by atoms with Crippen molar-refractivity contribution in [1.29, 1.82) is 0 Å². The Morgan fingerprint density at radius 2 is 2.00 bits per heavy atom. The number of nitrogens with zero attached hydrogens (tertiary/aromatic N) is 2. The highest BCUT2D eigenvalue weighted by Gasteiger charge is 2.23. The van der Waals surface area contributed by atoms with E-state index in [1.54, 1.807) is 11.8 Å². The molecule has 5 nitrogen and oxygen atoms in total. The van der Waals surface area contributed by atoms with Crippen LogP contribution in [0.2, 0.25) is 0 Å². The minimum Gasteiger partial charge on any atom is -0.351 e. The van der Waals surface area contributed by atoms with E-state index in [2.05, 4.69) is 17.1 Å². The highest BCUT2D eigenvalue weighted by Crippen LogP contribution is 2.24. The third-order valence-electron chi connectivity index (χ3n) is 5.10. The fraction of sp³-hybridized carbons (Fsp3) is 0.500. The molecule has 170 valence electrons. The predicted octanol–water partition coefficient (Wildman–Crippen LogP) is 4.19. The van der Waals surface area contributed by atoms with Gasteiger partial charge in [0.2, 0.25) is 5.91 Å². The minimum atomic E-state index is -0.0408. The third kappa shape index (κ3) is 8.71. The number of allylic oxidation sites excluding steroid dienone is 2. The molecule has 1 N–H and O–H groups in total. The summed E-state index contributed by atoms with van der Waals surface area (Å²) >= 11 is 7.64. The molecular formula is C24H34ClN3O2S. The van der Waals surface area contributed by atoms with E-state index in [4.69, 9.17) is 11.6 Å². The summed E-state index contributed by atoms with van der Waals surface area (Å²) in [6.45, 7) is 9.62. The quantitative estimate of drug-likeness (QED) is 0.339. The first-order valence-corrected chi connectivity index (χ1v) is 12.3. The fourth-order valence-corrected chi connectivity index (χ4v) is 4.27. The summed E-state index contributed by atoms with van der Waals surface area (Å²) in [6.07, 6.45) is 6.68. The maximum Gasteiger partial charge on any atom is 0.255 e. The van der Waals surface area contributed by atoms with Crippen LogP contribution in [0.25, 0.3) is 0 Å². The van der Waals surface area contributed by atoms with Crippen molar-refractivity contribution in [2.24, 2.45) is 0 Å². The van der Waals surface area contributed by atoms with Gasteiger partial charge in [0, 0.05) is 43.0 Å². The number of carbonyl (C=O) groups is 2.